The molecule has 0 aliphatic heterocycles. The van der Waals surface area contributed by atoms with Crippen LogP contribution in [0.2, 0.25) is 5.02 Å². The molecular weight excluding hydrogens is 386 g/mol. The van der Waals surface area contributed by atoms with Gasteiger partial charge in [0, 0.05) is 14.0 Å². The molecule has 0 aliphatic carbocycles. The minimum absolute atomic E-state index is 0.167. The Morgan fingerprint density at radius 3 is 2.86 bits per heavy atom. The second-order valence-corrected chi connectivity index (χ2v) is 7.92. The van der Waals surface area contributed by atoms with E-state index >= 15 is 0 Å². The summed E-state index contributed by atoms with van der Waals surface area (Å²) in [5.41, 5.74) is 1.31. The predicted octanol–water partition coefficient (Wildman–Crippen LogP) is 6.47. The fraction of sp³-hybridized carbons (Fsp3) is 0.250. The summed E-state index contributed by atoms with van der Waals surface area (Å²) in [6.45, 7) is 3.16. The molecule has 0 radical (unpaired) electrons. The Morgan fingerprint density at radius 2 is 2.14 bits per heavy atom. The van der Waals surface area contributed by atoms with Crippen molar-refractivity contribution in [3.8, 4) is 0 Å². The van der Waals surface area contributed by atoms with Gasteiger partial charge in [-0.1, -0.05) is 30.7 Å². The van der Waals surface area contributed by atoms with Crippen molar-refractivity contribution in [2.24, 2.45) is 0 Å². The van der Waals surface area contributed by atoms with Gasteiger partial charge in [-0.25, -0.2) is 0 Å². The lowest BCUT2D eigenvalue weighted by Crippen LogP contribution is -2.22. The third kappa shape index (κ3) is 3.06. The van der Waals surface area contributed by atoms with Crippen LogP contribution in [0.5, 0.6) is 0 Å². The molecule has 3 rings (SSSR count). The zero-order valence-electron chi connectivity index (χ0n) is 11.5. The van der Waals surface area contributed by atoms with E-state index in [-0.39, 0.29) is 6.04 Å². The molecule has 1 nitrogen and oxygen atoms in total. The molecule has 5 heteroatoms. The Bertz CT molecular complexity index is 750. The van der Waals surface area contributed by atoms with E-state index in [1.54, 1.807) is 22.7 Å². The average molecular weight is 401 g/mol. The summed E-state index contributed by atoms with van der Waals surface area (Å²) in [6, 6.07) is 8.52. The summed E-state index contributed by atoms with van der Waals surface area (Å²) in [5.74, 6) is 0. The Labute approximate surface area is 146 Å². The second-order valence-electron chi connectivity index (χ2n) is 4.83. The van der Waals surface area contributed by atoms with Crippen molar-refractivity contribution in [2.75, 3.05) is 6.54 Å². The van der Waals surface area contributed by atoms with Crippen LogP contribution in [-0.2, 0) is 0 Å². The Kier molecular flexibility index (Phi) is 5.02. The fourth-order valence-electron chi connectivity index (χ4n) is 2.41. The van der Waals surface area contributed by atoms with Crippen LogP contribution >= 0.6 is 50.2 Å². The minimum Gasteiger partial charge on any atom is -0.306 e. The van der Waals surface area contributed by atoms with Gasteiger partial charge in [0.05, 0.1) is 11.1 Å². The van der Waals surface area contributed by atoms with Crippen molar-refractivity contribution in [3.05, 3.63) is 55.0 Å². The average Bonchev–Trinajstić information content (AvgIpc) is 3.08. The normalized spacial score (nSPS) is 12.9. The van der Waals surface area contributed by atoms with Gasteiger partial charge < -0.3 is 5.32 Å². The van der Waals surface area contributed by atoms with Crippen LogP contribution in [0, 0.1) is 0 Å². The Balaban J connectivity index is 2.10. The van der Waals surface area contributed by atoms with E-state index in [1.807, 2.05) is 6.07 Å². The lowest BCUT2D eigenvalue weighted by Gasteiger charge is -2.17. The molecule has 2 heterocycles. The van der Waals surface area contributed by atoms with E-state index in [4.69, 9.17) is 11.6 Å². The highest BCUT2D eigenvalue weighted by Crippen LogP contribution is 2.40. The molecule has 2 aromatic heterocycles. The van der Waals surface area contributed by atoms with E-state index in [0.717, 1.165) is 22.5 Å². The fourth-order valence-corrected chi connectivity index (χ4v) is 5.32. The smallest absolute Gasteiger partial charge is 0.0700 e. The predicted molar refractivity (Wildman–Crippen MR) is 99.0 cm³/mol. The number of rotatable bonds is 5. The molecule has 0 saturated heterocycles. The van der Waals surface area contributed by atoms with Gasteiger partial charge in [-0.2, -0.15) is 0 Å². The molecule has 0 aliphatic rings. The Morgan fingerprint density at radius 1 is 1.29 bits per heavy atom. The molecule has 21 heavy (non-hydrogen) atoms. The second kappa shape index (κ2) is 6.80. The monoisotopic (exact) mass is 399 g/mol. The van der Waals surface area contributed by atoms with E-state index in [0.29, 0.717) is 0 Å². The summed E-state index contributed by atoms with van der Waals surface area (Å²) in [4.78, 5) is 1.20. The van der Waals surface area contributed by atoms with E-state index in [9.17, 15) is 0 Å². The quantitative estimate of drug-likeness (QED) is 0.517. The first-order valence-corrected chi connectivity index (χ1v) is 9.77. The molecule has 1 N–H and O–H groups in total. The zero-order valence-corrected chi connectivity index (χ0v) is 15.5. The zero-order chi connectivity index (χ0) is 14.8. The number of hydrogen-bond donors (Lipinski definition) is 1. The third-order valence-corrected chi connectivity index (χ3v) is 6.79. The van der Waals surface area contributed by atoms with Gasteiger partial charge in [0.1, 0.15) is 0 Å². The van der Waals surface area contributed by atoms with Crippen LogP contribution in [0.1, 0.15) is 29.8 Å². The van der Waals surface area contributed by atoms with Crippen molar-refractivity contribution in [1.82, 2.24) is 5.32 Å². The van der Waals surface area contributed by atoms with Gasteiger partial charge in [0.2, 0.25) is 0 Å². The molecule has 110 valence electrons. The molecule has 3 aromatic rings. The highest BCUT2D eigenvalue weighted by molar-refractivity contribution is 9.10. The maximum atomic E-state index is 6.38. The first-order chi connectivity index (χ1) is 10.2. The van der Waals surface area contributed by atoms with E-state index < -0.39 is 0 Å². The SMILES string of the molecule is CCCNC(c1sccc1Cl)c1csc2c(Br)cccc12. The van der Waals surface area contributed by atoms with Crippen molar-refractivity contribution >= 4 is 60.3 Å². The molecule has 1 atom stereocenters. The number of benzene rings is 1. The van der Waals surface area contributed by atoms with Crippen LogP contribution in [0.4, 0.5) is 0 Å². The van der Waals surface area contributed by atoms with Crippen molar-refractivity contribution in [1.29, 1.82) is 0 Å². The van der Waals surface area contributed by atoms with Crippen LogP contribution < -0.4 is 5.32 Å². The van der Waals surface area contributed by atoms with E-state index in [1.165, 1.54) is 20.5 Å². The maximum absolute atomic E-state index is 6.38. The van der Waals surface area contributed by atoms with Gasteiger partial charge in [-0.3, -0.25) is 0 Å². The number of nitrogens with one attached hydrogen (secondary N) is 1. The molecule has 1 aromatic carbocycles. The first kappa shape index (κ1) is 15.5. The number of hydrogen-bond acceptors (Lipinski definition) is 3. The molecule has 1 unspecified atom stereocenters. The molecular formula is C16H15BrClNS2. The standard InChI is InChI=1S/C16H15BrClNS2/c1-2-7-19-14(16-13(18)6-8-20-16)11-9-21-15-10(11)4-3-5-12(15)17/h3-6,8-9,14,19H,2,7H2,1H3. The summed E-state index contributed by atoms with van der Waals surface area (Å²) >= 11 is 13.5. The number of thiophene rings is 2. The van der Waals surface area contributed by atoms with Gasteiger partial charge in [-0.05, 0) is 62.7 Å². The molecule has 0 amide bonds. The van der Waals surface area contributed by atoms with Gasteiger partial charge >= 0.3 is 0 Å². The maximum Gasteiger partial charge on any atom is 0.0700 e. The highest BCUT2D eigenvalue weighted by Gasteiger charge is 2.21. The number of halogens is 2. The molecule has 0 fully saturated rings. The summed E-state index contributed by atoms with van der Waals surface area (Å²) in [6.07, 6.45) is 1.10. The minimum atomic E-state index is 0.167. The number of fused-ring (bicyclic) bond motifs is 1. The van der Waals surface area contributed by atoms with E-state index in [2.05, 4.69) is 57.1 Å². The van der Waals surface area contributed by atoms with Crippen molar-refractivity contribution < 1.29 is 0 Å². The summed E-state index contributed by atoms with van der Waals surface area (Å²) in [5, 5.41) is 10.1. The van der Waals surface area contributed by atoms with Gasteiger partial charge in [0.15, 0.2) is 0 Å². The molecule has 0 saturated carbocycles. The lowest BCUT2D eigenvalue weighted by atomic mass is 10.0. The highest BCUT2D eigenvalue weighted by atomic mass is 79.9. The first-order valence-electron chi connectivity index (χ1n) is 6.84. The van der Waals surface area contributed by atoms with Crippen LogP contribution in [0.25, 0.3) is 10.1 Å². The lowest BCUT2D eigenvalue weighted by molar-refractivity contribution is 0.610. The molecule has 0 bridgehead atoms. The van der Waals surface area contributed by atoms with Crippen molar-refractivity contribution in [3.63, 3.8) is 0 Å². The largest absolute Gasteiger partial charge is 0.306 e. The van der Waals surface area contributed by atoms with Crippen molar-refractivity contribution in [2.45, 2.75) is 19.4 Å². The molecule has 0 spiro atoms. The van der Waals surface area contributed by atoms with Crippen LogP contribution in [-0.4, -0.2) is 6.54 Å². The summed E-state index contributed by atoms with van der Waals surface area (Å²) < 4.78 is 2.45. The summed E-state index contributed by atoms with van der Waals surface area (Å²) in [7, 11) is 0. The topological polar surface area (TPSA) is 12.0 Å². The third-order valence-electron chi connectivity index (χ3n) is 3.40. The van der Waals surface area contributed by atoms with Crippen LogP contribution in [0.15, 0.2) is 39.5 Å². The van der Waals surface area contributed by atoms with Crippen LogP contribution in [0.3, 0.4) is 0 Å². The van der Waals surface area contributed by atoms with Gasteiger partial charge in [-0.15, -0.1) is 22.7 Å². The Hall–Kier alpha value is -0.390. The van der Waals surface area contributed by atoms with Gasteiger partial charge in [0.25, 0.3) is 0 Å².